The summed E-state index contributed by atoms with van der Waals surface area (Å²) in [5.41, 5.74) is 4.22. The topological polar surface area (TPSA) is 92.9 Å². The summed E-state index contributed by atoms with van der Waals surface area (Å²) in [6.45, 7) is -1.08. The first-order valence-corrected chi connectivity index (χ1v) is 10.1. The van der Waals surface area contributed by atoms with Gasteiger partial charge in [0.1, 0.15) is 18.8 Å². The van der Waals surface area contributed by atoms with Gasteiger partial charge in [0.2, 0.25) is 0 Å². The van der Waals surface area contributed by atoms with Gasteiger partial charge in [-0.1, -0.05) is 17.3 Å². The van der Waals surface area contributed by atoms with Crippen LogP contribution in [0.2, 0.25) is 0 Å². The molecule has 0 aliphatic carbocycles. The molecule has 34 heavy (non-hydrogen) atoms. The van der Waals surface area contributed by atoms with Crippen LogP contribution in [0.15, 0.2) is 78.5 Å². The number of alkyl halides is 3. The molecule has 4 aromatic rings. The number of anilines is 1. The lowest BCUT2D eigenvalue weighted by Gasteiger charge is -2.10. The van der Waals surface area contributed by atoms with Crippen LogP contribution in [0.1, 0.15) is 11.1 Å². The number of imidazole rings is 1. The highest BCUT2D eigenvalue weighted by atomic mass is 19.4. The Morgan fingerprint density at radius 2 is 1.97 bits per heavy atom. The molecule has 174 valence electrons. The van der Waals surface area contributed by atoms with Gasteiger partial charge >= 0.3 is 12.2 Å². The predicted octanol–water partition coefficient (Wildman–Crippen LogP) is 4.63. The number of hydrogen-bond acceptors (Lipinski definition) is 5. The van der Waals surface area contributed by atoms with Crippen LogP contribution < -0.4 is 10.6 Å². The number of hydrogen-bond donors (Lipinski definition) is 2. The standard InChI is InChI=1S/C23H19F3N6O2/c24-23(25,26)15-29-22(33)31-19-3-1-2-18(11-19)20-13-28-21-10-17(6-9-32(20)21)12-30-34-14-16-4-7-27-8-5-16/h1-13H,14-15H2,(H2,29,31,33)/b30-12-. The molecule has 0 atom stereocenters. The number of oxime groups is 1. The molecule has 2 N–H and O–H groups in total. The second-order valence-corrected chi connectivity index (χ2v) is 7.20. The first-order valence-electron chi connectivity index (χ1n) is 10.1. The highest BCUT2D eigenvalue weighted by Crippen LogP contribution is 2.24. The van der Waals surface area contributed by atoms with E-state index in [4.69, 9.17) is 4.84 Å². The molecule has 3 heterocycles. The quantitative estimate of drug-likeness (QED) is 0.306. The van der Waals surface area contributed by atoms with E-state index in [0.29, 0.717) is 17.9 Å². The smallest absolute Gasteiger partial charge is 0.391 e. The maximum Gasteiger partial charge on any atom is 0.405 e. The van der Waals surface area contributed by atoms with Gasteiger partial charge in [-0.3, -0.25) is 9.38 Å². The number of amides is 2. The SMILES string of the molecule is O=C(NCC(F)(F)F)Nc1cccc(-c2cnc3cc(/C=N\OCc4ccncc4)ccn23)c1. The van der Waals surface area contributed by atoms with Gasteiger partial charge in [0.25, 0.3) is 0 Å². The molecular formula is C23H19F3N6O2. The van der Waals surface area contributed by atoms with Crippen LogP contribution in [-0.4, -0.2) is 39.3 Å². The molecule has 1 aromatic carbocycles. The molecule has 0 bridgehead atoms. The number of carbonyl (C=O) groups is 1. The number of urea groups is 1. The van der Waals surface area contributed by atoms with Crippen LogP contribution >= 0.6 is 0 Å². The van der Waals surface area contributed by atoms with Gasteiger partial charge in [0.05, 0.1) is 18.1 Å². The van der Waals surface area contributed by atoms with Gasteiger partial charge in [-0.25, -0.2) is 9.78 Å². The van der Waals surface area contributed by atoms with E-state index in [1.165, 1.54) is 0 Å². The second kappa shape index (κ2) is 10.0. The normalized spacial score (nSPS) is 11.6. The van der Waals surface area contributed by atoms with Gasteiger partial charge in [0, 0.05) is 35.4 Å². The van der Waals surface area contributed by atoms with E-state index in [0.717, 1.165) is 22.4 Å². The monoisotopic (exact) mass is 468 g/mol. The number of aromatic nitrogens is 3. The third-order valence-electron chi connectivity index (χ3n) is 4.66. The number of benzene rings is 1. The van der Waals surface area contributed by atoms with Gasteiger partial charge in [-0.15, -0.1) is 0 Å². The lowest BCUT2D eigenvalue weighted by atomic mass is 10.1. The molecule has 0 saturated carbocycles. The van der Waals surface area contributed by atoms with Crippen LogP contribution in [0.4, 0.5) is 23.7 Å². The predicted molar refractivity (Wildman–Crippen MR) is 120 cm³/mol. The minimum atomic E-state index is -4.48. The van der Waals surface area contributed by atoms with Gasteiger partial charge in [0.15, 0.2) is 0 Å². The Morgan fingerprint density at radius 3 is 2.76 bits per heavy atom. The van der Waals surface area contributed by atoms with Crippen molar-refractivity contribution in [3.63, 3.8) is 0 Å². The number of nitrogens with one attached hydrogen (secondary N) is 2. The lowest BCUT2D eigenvalue weighted by molar-refractivity contribution is -0.122. The van der Waals surface area contributed by atoms with Crippen LogP contribution in [0, 0.1) is 0 Å². The molecule has 0 aliphatic rings. The summed E-state index contributed by atoms with van der Waals surface area (Å²) < 4.78 is 38.7. The Morgan fingerprint density at radius 1 is 1.15 bits per heavy atom. The summed E-state index contributed by atoms with van der Waals surface area (Å²) in [5, 5.41) is 8.15. The summed E-state index contributed by atoms with van der Waals surface area (Å²) >= 11 is 0. The van der Waals surface area contributed by atoms with Crippen LogP contribution in [-0.2, 0) is 11.4 Å². The van der Waals surface area contributed by atoms with E-state index in [9.17, 15) is 18.0 Å². The Bertz CT molecular complexity index is 1310. The van der Waals surface area contributed by atoms with Crippen molar-refractivity contribution in [1.82, 2.24) is 19.7 Å². The summed E-state index contributed by atoms with van der Waals surface area (Å²) in [6, 6.07) is 13.1. The van der Waals surface area contributed by atoms with Gasteiger partial charge in [-0.2, -0.15) is 13.2 Å². The van der Waals surface area contributed by atoms with Gasteiger partial charge < -0.3 is 15.5 Å². The molecule has 0 radical (unpaired) electrons. The van der Waals surface area contributed by atoms with Crippen molar-refractivity contribution in [2.45, 2.75) is 12.8 Å². The van der Waals surface area contributed by atoms with Crippen LogP contribution in [0.25, 0.3) is 16.9 Å². The van der Waals surface area contributed by atoms with E-state index in [1.54, 1.807) is 48.3 Å². The van der Waals surface area contributed by atoms with E-state index in [2.05, 4.69) is 20.4 Å². The lowest BCUT2D eigenvalue weighted by Crippen LogP contribution is -2.36. The molecule has 3 aromatic heterocycles. The second-order valence-electron chi connectivity index (χ2n) is 7.20. The number of rotatable bonds is 7. The third-order valence-corrected chi connectivity index (χ3v) is 4.66. The minimum absolute atomic E-state index is 0.327. The third kappa shape index (κ3) is 6.09. The van der Waals surface area contributed by atoms with Crippen molar-refractivity contribution < 1.29 is 22.8 Å². The van der Waals surface area contributed by atoms with Gasteiger partial charge in [-0.05, 0) is 42.0 Å². The Hall–Kier alpha value is -4.41. The number of fused-ring (bicyclic) bond motifs is 1. The number of nitrogens with zero attached hydrogens (tertiary/aromatic N) is 4. The number of carbonyl (C=O) groups excluding carboxylic acids is 1. The van der Waals surface area contributed by atoms with E-state index < -0.39 is 18.8 Å². The van der Waals surface area contributed by atoms with Crippen molar-refractivity contribution in [3.05, 3.63) is 84.4 Å². The maximum absolute atomic E-state index is 12.3. The summed E-state index contributed by atoms with van der Waals surface area (Å²) in [6.07, 6.45) is 3.95. The molecule has 8 nitrogen and oxygen atoms in total. The Labute approximate surface area is 192 Å². The Kier molecular flexibility index (Phi) is 6.72. The fourth-order valence-electron chi connectivity index (χ4n) is 3.09. The molecule has 0 fully saturated rings. The molecular weight excluding hydrogens is 449 g/mol. The molecule has 4 rings (SSSR count). The molecule has 0 aliphatic heterocycles. The Balaban J connectivity index is 1.43. The van der Waals surface area contributed by atoms with Crippen LogP contribution in [0.5, 0.6) is 0 Å². The molecule has 2 amide bonds. The zero-order valence-electron chi connectivity index (χ0n) is 17.7. The van der Waals surface area contributed by atoms with E-state index in [-0.39, 0.29) is 0 Å². The largest absolute Gasteiger partial charge is 0.405 e. The average Bonchev–Trinajstić information content (AvgIpc) is 3.24. The zero-order valence-corrected chi connectivity index (χ0v) is 17.7. The summed E-state index contributed by atoms with van der Waals surface area (Å²) in [4.78, 5) is 25.4. The molecule has 0 spiro atoms. The number of pyridine rings is 2. The molecule has 0 unspecified atom stereocenters. The van der Waals surface area contributed by atoms with Crippen molar-refractivity contribution in [3.8, 4) is 11.3 Å². The van der Waals surface area contributed by atoms with E-state index >= 15 is 0 Å². The zero-order chi connectivity index (χ0) is 24.0. The van der Waals surface area contributed by atoms with Crippen molar-refractivity contribution in [1.29, 1.82) is 0 Å². The molecule has 0 saturated heterocycles. The van der Waals surface area contributed by atoms with E-state index in [1.807, 2.05) is 40.9 Å². The fraction of sp³-hybridized carbons (Fsp3) is 0.130. The van der Waals surface area contributed by atoms with Crippen LogP contribution in [0.3, 0.4) is 0 Å². The fourth-order valence-corrected chi connectivity index (χ4v) is 3.09. The maximum atomic E-state index is 12.3. The van der Waals surface area contributed by atoms with Crippen molar-refractivity contribution >= 4 is 23.6 Å². The minimum Gasteiger partial charge on any atom is -0.391 e. The summed E-state index contributed by atoms with van der Waals surface area (Å²) in [5.74, 6) is 0. The first kappa shape index (κ1) is 22.8. The highest BCUT2D eigenvalue weighted by Gasteiger charge is 2.27. The number of halogens is 3. The molecule has 11 heteroatoms. The first-order chi connectivity index (χ1) is 16.4. The van der Waals surface area contributed by atoms with Crippen molar-refractivity contribution in [2.75, 3.05) is 11.9 Å². The highest BCUT2D eigenvalue weighted by molar-refractivity contribution is 5.90. The summed E-state index contributed by atoms with van der Waals surface area (Å²) in [7, 11) is 0. The van der Waals surface area contributed by atoms with Crippen molar-refractivity contribution in [2.24, 2.45) is 5.16 Å². The average molecular weight is 468 g/mol.